The van der Waals surface area contributed by atoms with E-state index in [9.17, 15) is 4.79 Å². The van der Waals surface area contributed by atoms with Crippen molar-refractivity contribution >= 4 is 11.7 Å². The highest BCUT2D eigenvalue weighted by Gasteiger charge is 2.17. The Bertz CT molecular complexity index is 423. The van der Waals surface area contributed by atoms with Gasteiger partial charge in [-0.1, -0.05) is 25.0 Å². The number of esters is 1. The van der Waals surface area contributed by atoms with Crippen LogP contribution in [0.1, 0.15) is 49.1 Å². The number of carbonyl (C=O) groups excluding carboxylic acids is 1. The molecule has 1 aromatic carbocycles. The highest BCUT2D eigenvalue weighted by atomic mass is 16.5. The number of nitrogen functional groups attached to an aromatic ring is 1. The first-order valence-electron chi connectivity index (χ1n) is 6.66. The van der Waals surface area contributed by atoms with Gasteiger partial charge >= 0.3 is 5.97 Å². The van der Waals surface area contributed by atoms with Crippen molar-refractivity contribution in [2.24, 2.45) is 0 Å². The quantitative estimate of drug-likeness (QED) is 0.657. The lowest BCUT2D eigenvalue weighted by molar-refractivity contribution is -0.140. The maximum atomic E-state index is 11.1. The Hall–Kier alpha value is -1.51. The molecule has 1 fully saturated rings. The molecule has 1 aliphatic carbocycles. The van der Waals surface area contributed by atoms with E-state index in [2.05, 4.69) is 22.9 Å². The lowest BCUT2D eigenvalue weighted by Gasteiger charge is -2.12. The van der Waals surface area contributed by atoms with Crippen molar-refractivity contribution in [1.82, 2.24) is 0 Å². The number of rotatable bonds is 4. The van der Waals surface area contributed by atoms with Crippen molar-refractivity contribution in [3.05, 3.63) is 29.3 Å². The van der Waals surface area contributed by atoms with Crippen molar-refractivity contribution in [3.8, 4) is 0 Å². The molecule has 0 bridgehead atoms. The molecule has 2 N–H and O–H groups in total. The average Bonchev–Trinajstić information content (AvgIpc) is 2.90. The van der Waals surface area contributed by atoms with E-state index >= 15 is 0 Å². The predicted octanol–water partition coefficient (Wildman–Crippen LogP) is 3.03. The Morgan fingerprint density at radius 3 is 2.72 bits per heavy atom. The molecule has 0 heterocycles. The fourth-order valence-electron chi connectivity index (χ4n) is 2.69. The van der Waals surface area contributed by atoms with E-state index in [-0.39, 0.29) is 5.97 Å². The van der Waals surface area contributed by atoms with Gasteiger partial charge < -0.3 is 10.5 Å². The summed E-state index contributed by atoms with van der Waals surface area (Å²) in [7, 11) is 1.41. The summed E-state index contributed by atoms with van der Waals surface area (Å²) < 4.78 is 4.64. The highest BCUT2D eigenvalue weighted by molar-refractivity contribution is 5.70. The molecule has 0 unspecified atom stereocenters. The lowest BCUT2D eigenvalue weighted by Crippen LogP contribution is -2.04. The van der Waals surface area contributed by atoms with Crippen molar-refractivity contribution in [2.75, 3.05) is 12.8 Å². The maximum absolute atomic E-state index is 11.1. The van der Waals surface area contributed by atoms with Crippen LogP contribution in [0.4, 0.5) is 5.69 Å². The normalized spacial score (nSPS) is 15.8. The van der Waals surface area contributed by atoms with Gasteiger partial charge in [-0.25, -0.2) is 0 Å². The number of hydrogen-bond acceptors (Lipinski definition) is 3. The summed E-state index contributed by atoms with van der Waals surface area (Å²) in [6.45, 7) is 0. The topological polar surface area (TPSA) is 52.3 Å². The fourth-order valence-corrected chi connectivity index (χ4v) is 2.69. The minimum Gasteiger partial charge on any atom is -0.469 e. The van der Waals surface area contributed by atoms with Gasteiger partial charge in [0.1, 0.15) is 0 Å². The summed E-state index contributed by atoms with van der Waals surface area (Å²) in [5.74, 6) is 0.497. The van der Waals surface area contributed by atoms with E-state index in [1.807, 2.05) is 0 Å². The van der Waals surface area contributed by atoms with E-state index in [0.717, 1.165) is 11.3 Å². The largest absolute Gasteiger partial charge is 0.469 e. The molecule has 0 amide bonds. The van der Waals surface area contributed by atoms with E-state index in [1.165, 1.54) is 38.4 Å². The van der Waals surface area contributed by atoms with Crippen LogP contribution in [-0.2, 0) is 16.0 Å². The summed E-state index contributed by atoms with van der Waals surface area (Å²) in [6, 6.07) is 6.31. The Kier molecular flexibility index (Phi) is 4.24. The number of methoxy groups -OCH3 is 1. The molecule has 1 aliphatic rings. The van der Waals surface area contributed by atoms with Crippen molar-refractivity contribution in [1.29, 1.82) is 0 Å². The zero-order valence-corrected chi connectivity index (χ0v) is 10.9. The van der Waals surface area contributed by atoms with Crippen molar-refractivity contribution in [3.63, 3.8) is 0 Å². The Balaban J connectivity index is 2.02. The maximum Gasteiger partial charge on any atom is 0.305 e. The molecule has 0 radical (unpaired) electrons. The van der Waals surface area contributed by atoms with Gasteiger partial charge in [-0.3, -0.25) is 4.79 Å². The molecule has 0 spiro atoms. The number of hydrogen-bond donors (Lipinski definition) is 1. The third-order valence-electron chi connectivity index (χ3n) is 3.82. The summed E-state index contributed by atoms with van der Waals surface area (Å²) in [5, 5.41) is 0. The van der Waals surface area contributed by atoms with Crippen LogP contribution in [0.3, 0.4) is 0 Å². The number of aryl methyl sites for hydroxylation is 1. The van der Waals surface area contributed by atoms with Gasteiger partial charge in [0, 0.05) is 12.1 Å². The minimum atomic E-state index is -0.186. The number of nitrogens with two attached hydrogens (primary N) is 1. The van der Waals surface area contributed by atoms with E-state index in [1.54, 1.807) is 0 Å². The molecule has 0 saturated heterocycles. The van der Waals surface area contributed by atoms with Crippen LogP contribution in [0.2, 0.25) is 0 Å². The molecule has 0 aliphatic heterocycles. The zero-order valence-electron chi connectivity index (χ0n) is 10.9. The zero-order chi connectivity index (χ0) is 13.0. The highest BCUT2D eigenvalue weighted by Crippen LogP contribution is 2.35. The molecule has 3 nitrogen and oxygen atoms in total. The summed E-state index contributed by atoms with van der Waals surface area (Å²) in [6.07, 6.45) is 6.26. The Morgan fingerprint density at radius 2 is 2.11 bits per heavy atom. The van der Waals surface area contributed by atoms with Gasteiger partial charge in [-0.2, -0.15) is 0 Å². The van der Waals surface area contributed by atoms with Crippen molar-refractivity contribution in [2.45, 2.75) is 44.4 Å². The molecule has 98 valence electrons. The van der Waals surface area contributed by atoms with Gasteiger partial charge in [-0.05, 0) is 42.4 Å². The van der Waals surface area contributed by atoms with Crippen LogP contribution in [0.25, 0.3) is 0 Å². The van der Waals surface area contributed by atoms with Gasteiger partial charge in [0.25, 0.3) is 0 Å². The second kappa shape index (κ2) is 5.89. The number of ether oxygens (including phenoxy) is 1. The second-order valence-electron chi connectivity index (χ2n) is 5.02. The Labute approximate surface area is 108 Å². The van der Waals surface area contributed by atoms with Gasteiger partial charge in [0.2, 0.25) is 0 Å². The van der Waals surface area contributed by atoms with Gasteiger partial charge in [0.15, 0.2) is 0 Å². The number of carbonyl (C=O) groups is 1. The van der Waals surface area contributed by atoms with Gasteiger partial charge in [-0.15, -0.1) is 0 Å². The number of anilines is 1. The molecule has 0 aromatic heterocycles. The molecule has 1 saturated carbocycles. The van der Waals surface area contributed by atoms with Crippen LogP contribution in [0.15, 0.2) is 18.2 Å². The minimum absolute atomic E-state index is 0.186. The smallest absolute Gasteiger partial charge is 0.305 e. The average molecular weight is 247 g/mol. The third-order valence-corrected chi connectivity index (χ3v) is 3.82. The molecule has 1 aromatic rings. The second-order valence-corrected chi connectivity index (χ2v) is 5.02. The molecule has 0 atom stereocenters. The standard InChI is InChI=1S/C15H21NO2/c1-18-15(17)9-8-12-6-7-13(10-14(12)16)11-4-2-3-5-11/h6-7,10-11H,2-5,8-9,16H2,1H3. The number of benzene rings is 1. The van der Waals surface area contributed by atoms with Crippen LogP contribution < -0.4 is 5.73 Å². The Morgan fingerprint density at radius 1 is 1.39 bits per heavy atom. The first-order valence-corrected chi connectivity index (χ1v) is 6.66. The van der Waals surface area contributed by atoms with Crippen LogP contribution in [0, 0.1) is 0 Å². The molecule has 3 heteroatoms. The van der Waals surface area contributed by atoms with Crippen molar-refractivity contribution < 1.29 is 9.53 Å². The first kappa shape index (κ1) is 12.9. The summed E-state index contributed by atoms with van der Waals surface area (Å²) >= 11 is 0. The van der Waals surface area contributed by atoms with E-state index in [0.29, 0.717) is 18.8 Å². The molecular weight excluding hydrogens is 226 g/mol. The SMILES string of the molecule is COC(=O)CCc1ccc(C2CCCC2)cc1N. The fraction of sp³-hybridized carbons (Fsp3) is 0.533. The molecule has 18 heavy (non-hydrogen) atoms. The predicted molar refractivity (Wildman–Crippen MR) is 72.4 cm³/mol. The van der Waals surface area contributed by atoms with Gasteiger partial charge in [0.05, 0.1) is 7.11 Å². The van der Waals surface area contributed by atoms with Crippen LogP contribution in [0.5, 0.6) is 0 Å². The van der Waals surface area contributed by atoms with Crippen LogP contribution >= 0.6 is 0 Å². The third kappa shape index (κ3) is 3.03. The first-order chi connectivity index (χ1) is 8.70. The summed E-state index contributed by atoms with van der Waals surface area (Å²) in [5.41, 5.74) is 9.27. The molecule has 2 rings (SSSR count). The monoisotopic (exact) mass is 247 g/mol. The lowest BCUT2D eigenvalue weighted by atomic mass is 9.95. The van der Waals surface area contributed by atoms with Crippen LogP contribution in [-0.4, -0.2) is 13.1 Å². The van der Waals surface area contributed by atoms with E-state index < -0.39 is 0 Å². The molecular formula is C15H21NO2. The summed E-state index contributed by atoms with van der Waals surface area (Å²) in [4.78, 5) is 11.1. The van der Waals surface area contributed by atoms with E-state index in [4.69, 9.17) is 5.73 Å².